The second kappa shape index (κ2) is 8.38. The van der Waals surface area contributed by atoms with Gasteiger partial charge >= 0.3 is 0 Å². The monoisotopic (exact) mass is 416 g/mol. The molecule has 0 saturated carbocycles. The standard InChI is InChI=1S/C20H18BrFN2O2/c1-14-19(21)20(16-7-9-17(22)10-8-16)24(23-14)11-18(25)13-26-12-15-5-3-2-4-6-15/h2-10H,11-13H2,1H3. The second-order valence-corrected chi connectivity index (χ2v) is 6.72. The number of ketones is 1. The predicted octanol–water partition coefficient (Wildman–Crippen LogP) is 4.55. The molecule has 3 rings (SSSR count). The van der Waals surface area contributed by atoms with E-state index in [2.05, 4.69) is 21.0 Å². The summed E-state index contributed by atoms with van der Waals surface area (Å²) in [5, 5.41) is 4.41. The van der Waals surface area contributed by atoms with E-state index in [1.807, 2.05) is 37.3 Å². The van der Waals surface area contributed by atoms with Crippen LogP contribution in [0.1, 0.15) is 11.3 Å². The van der Waals surface area contributed by atoms with Crippen LogP contribution in [0.3, 0.4) is 0 Å². The highest BCUT2D eigenvalue weighted by atomic mass is 79.9. The summed E-state index contributed by atoms with van der Waals surface area (Å²) in [5.74, 6) is -0.391. The van der Waals surface area contributed by atoms with Crippen LogP contribution in [0.2, 0.25) is 0 Å². The molecule has 6 heteroatoms. The minimum Gasteiger partial charge on any atom is -0.369 e. The maximum absolute atomic E-state index is 13.2. The van der Waals surface area contributed by atoms with E-state index < -0.39 is 0 Å². The largest absolute Gasteiger partial charge is 0.369 e. The van der Waals surface area contributed by atoms with Crippen molar-refractivity contribution in [3.05, 3.63) is 76.1 Å². The van der Waals surface area contributed by atoms with E-state index >= 15 is 0 Å². The molecule has 0 aliphatic carbocycles. The Hall–Kier alpha value is -2.31. The summed E-state index contributed by atoms with van der Waals surface area (Å²) in [5.41, 5.74) is 3.32. The lowest BCUT2D eigenvalue weighted by Crippen LogP contribution is -2.17. The number of Topliss-reactive ketones (excluding diaryl/α,β-unsaturated/α-hetero) is 1. The van der Waals surface area contributed by atoms with Crippen molar-refractivity contribution in [2.75, 3.05) is 6.61 Å². The van der Waals surface area contributed by atoms with Gasteiger partial charge in [0.1, 0.15) is 19.0 Å². The second-order valence-electron chi connectivity index (χ2n) is 5.93. The lowest BCUT2D eigenvalue weighted by molar-refractivity contribution is -0.124. The normalized spacial score (nSPS) is 10.9. The van der Waals surface area contributed by atoms with Crippen molar-refractivity contribution >= 4 is 21.7 Å². The highest BCUT2D eigenvalue weighted by Crippen LogP contribution is 2.31. The lowest BCUT2D eigenvalue weighted by Gasteiger charge is -2.09. The molecule has 0 unspecified atom stereocenters. The first kappa shape index (κ1) is 18.5. The Morgan fingerprint density at radius 1 is 1.15 bits per heavy atom. The molecule has 26 heavy (non-hydrogen) atoms. The van der Waals surface area contributed by atoms with Gasteiger partial charge in [-0.05, 0) is 52.7 Å². The van der Waals surface area contributed by atoms with E-state index in [4.69, 9.17) is 4.74 Å². The van der Waals surface area contributed by atoms with Crippen molar-refractivity contribution < 1.29 is 13.9 Å². The summed E-state index contributed by atoms with van der Waals surface area (Å²) in [6, 6.07) is 15.8. The Balaban J connectivity index is 1.68. The molecule has 0 bridgehead atoms. The Kier molecular flexibility index (Phi) is 5.96. The van der Waals surface area contributed by atoms with Crippen LogP contribution >= 0.6 is 15.9 Å². The highest BCUT2D eigenvalue weighted by Gasteiger charge is 2.17. The van der Waals surface area contributed by atoms with Gasteiger partial charge in [0.05, 0.1) is 22.5 Å². The number of aryl methyl sites for hydroxylation is 1. The van der Waals surface area contributed by atoms with Crippen LogP contribution in [0.25, 0.3) is 11.3 Å². The predicted molar refractivity (Wildman–Crippen MR) is 101 cm³/mol. The molecule has 3 aromatic rings. The fourth-order valence-electron chi connectivity index (χ4n) is 2.63. The van der Waals surface area contributed by atoms with Gasteiger partial charge in [-0.3, -0.25) is 9.48 Å². The SMILES string of the molecule is Cc1nn(CC(=O)COCc2ccccc2)c(-c2ccc(F)cc2)c1Br. The van der Waals surface area contributed by atoms with Gasteiger partial charge in [0.15, 0.2) is 5.78 Å². The number of hydrogen-bond acceptors (Lipinski definition) is 3. The summed E-state index contributed by atoms with van der Waals surface area (Å²) >= 11 is 3.51. The van der Waals surface area contributed by atoms with Crippen LogP contribution in [0.5, 0.6) is 0 Å². The van der Waals surface area contributed by atoms with Gasteiger partial charge in [-0.15, -0.1) is 0 Å². The van der Waals surface area contributed by atoms with Crippen LogP contribution in [0.15, 0.2) is 59.1 Å². The third kappa shape index (κ3) is 4.45. The van der Waals surface area contributed by atoms with E-state index in [1.54, 1.807) is 16.8 Å². The van der Waals surface area contributed by atoms with Gasteiger partial charge in [0.2, 0.25) is 0 Å². The van der Waals surface area contributed by atoms with E-state index in [0.717, 1.165) is 27.0 Å². The molecular weight excluding hydrogens is 399 g/mol. The molecule has 0 spiro atoms. The van der Waals surface area contributed by atoms with Crippen LogP contribution in [-0.4, -0.2) is 22.2 Å². The van der Waals surface area contributed by atoms with Crippen molar-refractivity contribution in [2.45, 2.75) is 20.1 Å². The first-order valence-corrected chi connectivity index (χ1v) is 8.96. The van der Waals surface area contributed by atoms with Gasteiger partial charge in [0, 0.05) is 5.56 Å². The van der Waals surface area contributed by atoms with Crippen molar-refractivity contribution in [3.8, 4) is 11.3 Å². The minimum absolute atomic E-state index is 0.00821. The molecule has 0 radical (unpaired) electrons. The van der Waals surface area contributed by atoms with Gasteiger partial charge < -0.3 is 4.74 Å². The van der Waals surface area contributed by atoms with Crippen molar-refractivity contribution in [1.82, 2.24) is 9.78 Å². The van der Waals surface area contributed by atoms with Crippen molar-refractivity contribution in [1.29, 1.82) is 0 Å². The van der Waals surface area contributed by atoms with E-state index in [1.165, 1.54) is 12.1 Å². The zero-order chi connectivity index (χ0) is 18.5. The number of nitrogens with zero attached hydrogens (tertiary/aromatic N) is 2. The molecule has 1 aromatic heterocycles. The highest BCUT2D eigenvalue weighted by molar-refractivity contribution is 9.10. The Morgan fingerprint density at radius 2 is 1.85 bits per heavy atom. The zero-order valence-corrected chi connectivity index (χ0v) is 15.9. The Bertz CT molecular complexity index is 892. The molecule has 0 saturated heterocycles. The quantitative estimate of drug-likeness (QED) is 0.567. The third-order valence-electron chi connectivity index (χ3n) is 3.87. The average Bonchev–Trinajstić information content (AvgIpc) is 2.90. The molecule has 0 amide bonds. The number of halogens is 2. The van der Waals surface area contributed by atoms with Crippen LogP contribution in [0.4, 0.5) is 4.39 Å². The summed E-state index contributed by atoms with van der Waals surface area (Å²) in [4.78, 5) is 12.3. The van der Waals surface area contributed by atoms with Crippen LogP contribution in [-0.2, 0) is 22.7 Å². The molecule has 0 aliphatic rings. The van der Waals surface area contributed by atoms with E-state index in [9.17, 15) is 9.18 Å². The maximum Gasteiger partial charge on any atom is 0.179 e. The molecule has 0 aliphatic heterocycles. The van der Waals surface area contributed by atoms with Gasteiger partial charge in [-0.25, -0.2) is 4.39 Å². The van der Waals surface area contributed by atoms with E-state index in [0.29, 0.717) is 6.61 Å². The molecule has 0 atom stereocenters. The summed E-state index contributed by atoms with van der Waals surface area (Å²) in [6.45, 7) is 2.34. The molecular formula is C20H18BrFN2O2. The number of rotatable bonds is 7. The van der Waals surface area contributed by atoms with E-state index in [-0.39, 0.29) is 24.8 Å². The Morgan fingerprint density at radius 3 is 2.54 bits per heavy atom. The Labute approximate surface area is 159 Å². The van der Waals surface area contributed by atoms with Crippen LogP contribution in [0, 0.1) is 12.7 Å². The number of aromatic nitrogens is 2. The number of benzene rings is 2. The van der Waals surface area contributed by atoms with Crippen molar-refractivity contribution in [3.63, 3.8) is 0 Å². The molecule has 0 N–H and O–H groups in total. The van der Waals surface area contributed by atoms with Crippen molar-refractivity contribution in [2.24, 2.45) is 0 Å². The summed E-state index contributed by atoms with van der Waals surface area (Å²) in [6.07, 6.45) is 0. The summed E-state index contributed by atoms with van der Waals surface area (Å²) < 4.78 is 21.1. The molecule has 4 nitrogen and oxygen atoms in total. The van der Waals surface area contributed by atoms with Gasteiger partial charge in [0.25, 0.3) is 0 Å². The number of carbonyl (C=O) groups is 1. The van der Waals surface area contributed by atoms with Gasteiger partial charge in [-0.2, -0.15) is 5.10 Å². The average molecular weight is 417 g/mol. The molecule has 0 fully saturated rings. The zero-order valence-electron chi connectivity index (χ0n) is 14.3. The number of ether oxygens (including phenoxy) is 1. The first-order valence-electron chi connectivity index (χ1n) is 8.17. The number of hydrogen-bond donors (Lipinski definition) is 0. The lowest BCUT2D eigenvalue weighted by atomic mass is 10.1. The third-order valence-corrected chi connectivity index (χ3v) is 4.82. The van der Waals surface area contributed by atoms with Crippen LogP contribution < -0.4 is 0 Å². The topological polar surface area (TPSA) is 44.1 Å². The maximum atomic E-state index is 13.2. The molecule has 2 aromatic carbocycles. The first-order chi connectivity index (χ1) is 12.5. The molecule has 1 heterocycles. The molecule has 134 valence electrons. The minimum atomic E-state index is -0.307. The number of carbonyl (C=O) groups excluding carboxylic acids is 1. The fourth-order valence-corrected chi connectivity index (χ4v) is 3.14. The smallest absolute Gasteiger partial charge is 0.179 e. The fraction of sp³-hybridized carbons (Fsp3) is 0.200. The summed E-state index contributed by atoms with van der Waals surface area (Å²) in [7, 11) is 0. The van der Waals surface area contributed by atoms with Gasteiger partial charge in [-0.1, -0.05) is 30.3 Å².